The first kappa shape index (κ1) is 20.9. The number of nitrogens with zero attached hydrogens (tertiary/aromatic N) is 4. The van der Waals surface area contributed by atoms with Crippen LogP contribution in [0.5, 0.6) is 0 Å². The highest BCUT2D eigenvalue weighted by molar-refractivity contribution is 14.0. The first-order valence-corrected chi connectivity index (χ1v) is 9.02. The summed E-state index contributed by atoms with van der Waals surface area (Å²) >= 11 is 0. The summed E-state index contributed by atoms with van der Waals surface area (Å²) in [5, 5.41) is 6.70. The van der Waals surface area contributed by atoms with Gasteiger partial charge in [-0.1, -0.05) is 6.07 Å². The van der Waals surface area contributed by atoms with Crippen molar-refractivity contribution in [1.29, 1.82) is 0 Å². The summed E-state index contributed by atoms with van der Waals surface area (Å²) in [7, 11) is 0. The topological polar surface area (TPSA) is 66.2 Å². The van der Waals surface area contributed by atoms with E-state index in [2.05, 4.69) is 56.0 Å². The summed E-state index contributed by atoms with van der Waals surface area (Å²) in [5.74, 6) is 0.838. The van der Waals surface area contributed by atoms with Gasteiger partial charge in [0.05, 0.1) is 25.5 Å². The van der Waals surface area contributed by atoms with Crippen molar-refractivity contribution in [3.63, 3.8) is 0 Å². The molecule has 1 aliphatic rings. The molecule has 2 N–H and O–H groups in total. The number of aliphatic imine (C=N–C) groups is 1. The number of hydrogen-bond donors (Lipinski definition) is 2. The van der Waals surface area contributed by atoms with E-state index in [1.807, 2.05) is 12.1 Å². The number of halogens is 1. The van der Waals surface area contributed by atoms with Gasteiger partial charge in [0.1, 0.15) is 5.65 Å². The predicted molar refractivity (Wildman–Crippen MR) is 115 cm³/mol. The van der Waals surface area contributed by atoms with Gasteiger partial charge in [0.2, 0.25) is 0 Å². The van der Waals surface area contributed by atoms with Crippen molar-refractivity contribution >= 4 is 35.6 Å². The van der Waals surface area contributed by atoms with Crippen molar-refractivity contribution in [3.05, 3.63) is 35.8 Å². The maximum Gasteiger partial charge on any atom is 0.191 e. The third-order valence-corrected chi connectivity index (χ3v) is 4.31. The van der Waals surface area contributed by atoms with Crippen LogP contribution < -0.4 is 10.6 Å². The first-order valence-electron chi connectivity index (χ1n) is 9.02. The molecule has 0 saturated carbocycles. The Hall–Kier alpha value is -1.39. The SMILES string of the molecule is CCNC(=NCc1cn2c(C)cccc2n1)NCCN1CCOCC1.I. The number of imidazole rings is 1. The van der Waals surface area contributed by atoms with E-state index in [0.29, 0.717) is 6.54 Å². The highest BCUT2D eigenvalue weighted by Gasteiger charge is 2.09. The largest absolute Gasteiger partial charge is 0.379 e. The van der Waals surface area contributed by atoms with Crippen molar-refractivity contribution in [2.24, 2.45) is 4.99 Å². The molecule has 0 radical (unpaired) electrons. The number of aryl methyl sites for hydroxylation is 1. The molecular formula is C18H29IN6O. The fraction of sp³-hybridized carbons (Fsp3) is 0.556. The molecule has 2 aromatic heterocycles. The number of rotatable bonds is 6. The molecule has 1 saturated heterocycles. The van der Waals surface area contributed by atoms with Gasteiger partial charge in [0.15, 0.2) is 5.96 Å². The van der Waals surface area contributed by atoms with E-state index in [-0.39, 0.29) is 24.0 Å². The second-order valence-electron chi connectivity index (χ2n) is 6.20. The van der Waals surface area contributed by atoms with E-state index in [1.54, 1.807) is 0 Å². The summed E-state index contributed by atoms with van der Waals surface area (Å²) in [4.78, 5) is 11.7. The van der Waals surface area contributed by atoms with Gasteiger partial charge in [0.25, 0.3) is 0 Å². The van der Waals surface area contributed by atoms with Crippen LogP contribution >= 0.6 is 24.0 Å². The van der Waals surface area contributed by atoms with E-state index < -0.39 is 0 Å². The number of nitrogens with one attached hydrogen (secondary N) is 2. The molecule has 3 heterocycles. The average Bonchev–Trinajstić information content (AvgIpc) is 3.05. The Morgan fingerprint density at radius 3 is 2.81 bits per heavy atom. The minimum Gasteiger partial charge on any atom is -0.379 e. The van der Waals surface area contributed by atoms with Crippen LogP contribution in [-0.2, 0) is 11.3 Å². The third kappa shape index (κ3) is 5.82. The zero-order valence-corrected chi connectivity index (χ0v) is 17.9. The number of ether oxygens (including phenoxy) is 1. The lowest BCUT2D eigenvalue weighted by Gasteiger charge is -2.26. The summed E-state index contributed by atoms with van der Waals surface area (Å²) in [5.41, 5.74) is 3.12. The molecule has 26 heavy (non-hydrogen) atoms. The van der Waals surface area contributed by atoms with Crippen molar-refractivity contribution in [3.8, 4) is 0 Å². The Morgan fingerprint density at radius 1 is 1.27 bits per heavy atom. The molecule has 0 amide bonds. The molecule has 1 fully saturated rings. The summed E-state index contributed by atoms with van der Waals surface area (Å²) in [6, 6.07) is 6.13. The number of hydrogen-bond acceptors (Lipinski definition) is 4. The molecule has 144 valence electrons. The van der Waals surface area contributed by atoms with Crippen LogP contribution in [0.1, 0.15) is 18.3 Å². The predicted octanol–water partition coefficient (Wildman–Crippen LogP) is 1.65. The van der Waals surface area contributed by atoms with Crippen LogP contribution in [0.15, 0.2) is 29.4 Å². The quantitative estimate of drug-likeness (QED) is 0.381. The van der Waals surface area contributed by atoms with Gasteiger partial charge in [-0.15, -0.1) is 24.0 Å². The average molecular weight is 472 g/mol. The first-order chi connectivity index (χ1) is 12.3. The van der Waals surface area contributed by atoms with Crippen LogP contribution in [0.4, 0.5) is 0 Å². The molecule has 0 unspecified atom stereocenters. The Morgan fingerprint density at radius 2 is 2.08 bits per heavy atom. The maximum absolute atomic E-state index is 5.38. The summed E-state index contributed by atoms with van der Waals surface area (Å²) < 4.78 is 7.48. The third-order valence-electron chi connectivity index (χ3n) is 4.31. The fourth-order valence-corrected chi connectivity index (χ4v) is 2.93. The number of aromatic nitrogens is 2. The van der Waals surface area contributed by atoms with Crippen molar-refractivity contribution in [2.45, 2.75) is 20.4 Å². The molecule has 0 bridgehead atoms. The lowest BCUT2D eigenvalue weighted by Crippen LogP contribution is -2.44. The van der Waals surface area contributed by atoms with Crippen LogP contribution in [0.3, 0.4) is 0 Å². The number of morpholine rings is 1. The molecule has 2 aromatic rings. The van der Waals surface area contributed by atoms with Crippen LogP contribution in [-0.4, -0.2) is 66.2 Å². The number of guanidine groups is 1. The van der Waals surface area contributed by atoms with Gasteiger partial charge in [-0.05, 0) is 26.0 Å². The maximum atomic E-state index is 5.38. The Bertz CT molecular complexity index is 711. The molecule has 8 heteroatoms. The van der Waals surface area contributed by atoms with Crippen LogP contribution in [0.2, 0.25) is 0 Å². The molecule has 0 aromatic carbocycles. The van der Waals surface area contributed by atoms with Gasteiger partial charge in [-0.3, -0.25) is 4.90 Å². The highest BCUT2D eigenvalue weighted by Crippen LogP contribution is 2.09. The zero-order valence-electron chi connectivity index (χ0n) is 15.6. The molecule has 0 atom stereocenters. The minimum absolute atomic E-state index is 0. The second-order valence-corrected chi connectivity index (χ2v) is 6.20. The molecular weight excluding hydrogens is 443 g/mol. The molecule has 0 aliphatic carbocycles. The van der Waals surface area contributed by atoms with Gasteiger partial charge in [-0.2, -0.15) is 0 Å². The standard InChI is InChI=1S/C18H28N6O.HI/c1-3-19-18(20-7-8-23-9-11-25-12-10-23)21-13-16-14-24-15(2)5-4-6-17(24)22-16;/h4-6,14H,3,7-13H2,1-2H3,(H2,19,20,21);1H. The van der Waals surface area contributed by atoms with Crippen molar-refractivity contribution in [2.75, 3.05) is 45.9 Å². The lowest BCUT2D eigenvalue weighted by atomic mass is 10.4. The monoisotopic (exact) mass is 472 g/mol. The van der Waals surface area contributed by atoms with Gasteiger partial charge < -0.3 is 19.8 Å². The van der Waals surface area contributed by atoms with Crippen LogP contribution in [0, 0.1) is 6.92 Å². The van der Waals surface area contributed by atoms with E-state index in [4.69, 9.17) is 4.74 Å². The summed E-state index contributed by atoms with van der Waals surface area (Å²) in [6.45, 7) is 11.1. The van der Waals surface area contributed by atoms with Crippen molar-refractivity contribution in [1.82, 2.24) is 24.9 Å². The smallest absolute Gasteiger partial charge is 0.191 e. The second kappa shape index (κ2) is 10.7. The van der Waals surface area contributed by atoms with Gasteiger partial charge >= 0.3 is 0 Å². The van der Waals surface area contributed by atoms with Gasteiger partial charge in [0, 0.05) is 44.6 Å². The van der Waals surface area contributed by atoms with E-state index in [1.165, 1.54) is 5.69 Å². The Balaban J connectivity index is 0.00000243. The van der Waals surface area contributed by atoms with Crippen molar-refractivity contribution < 1.29 is 4.74 Å². The lowest BCUT2D eigenvalue weighted by molar-refractivity contribution is 0.0389. The fourth-order valence-electron chi connectivity index (χ4n) is 2.93. The minimum atomic E-state index is 0. The molecule has 3 rings (SSSR count). The normalized spacial score (nSPS) is 15.7. The zero-order chi connectivity index (χ0) is 17.5. The molecule has 1 aliphatic heterocycles. The Labute approximate surface area is 172 Å². The van der Waals surface area contributed by atoms with E-state index in [0.717, 1.165) is 63.2 Å². The Kier molecular flexibility index (Phi) is 8.60. The van der Waals surface area contributed by atoms with E-state index in [9.17, 15) is 0 Å². The highest BCUT2D eigenvalue weighted by atomic mass is 127. The summed E-state index contributed by atoms with van der Waals surface area (Å²) in [6.07, 6.45) is 2.06. The molecule has 7 nitrogen and oxygen atoms in total. The van der Waals surface area contributed by atoms with E-state index >= 15 is 0 Å². The van der Waals surface area contributed by atoms with Crippen LogP contribution in [0.25, 0.3) is 5.65 Å². The number of fused-ring (bicyclic) bond motifs is 1. The molecule has 0 spiro atoms. The van der Waals surface area contributed by atoms with Gasteiger partial charge in [-0.25, -0.2) is 9.98 Å². The number of pyridine rings is 1.